The molecular formula is C49H57BN2O2. The van der Waals surface area contributed by atoms with Gasteiger partial charge in [0.25, 0.3) is 6.71 Å². The van der Waals surface area contributed by atoms with Gasteiger partial charge in [-0.3, -0.25) is 0 Å². The van der Waals surface area contributed by atoms with Crippen molar-refractivity contribution in [1.82, 2.24) is 0 Å². The smallest absolute Gasteiger partial charge is 0.252 e. The van der Waals surface area contributed by atoms with E-state index in [-0.39, 0.29) is 28.4 Å². The quantitative estimate of drug-likeness (QED) is 0.166. The van der Waals surface area contributed by atoms with Crippen molar-refractivity contribution < 1.29 is 9.47 Å². The van der Waals surface area contributed by atoms with Crippen molar-refractivity contribution in [2.75, 3.05) is 23.0 Å². The van der Waals surface area contributed by atoms with Crippen LogP contribution >= 0.6 is 0 Å². The van der Waals surface area contributed by atoms with Gasteiger partial charge in [-0.2, -0.15) is 0 Å². The van der Waals surface area contributed by atoms with E-state index in [0.717, 1.165) is 23.6 Å². The number of nitrogens with zero attached hydrogens (tertiary/aromatic N) is 2. The molecule has 0 unspecified atom stereocenters. The van der Waals surface area contributed by atoms with E-state index in [1.165, 1.54) is 67.1 Å². The van der Waals surface area contributed by atoms with Crippen molar-refractivity contribution >= 4 is 57.2 Å². The van der Waals surface area contributed by atoms with Gasteiger partial charge in [0.1, 0.15) is 0 Å². The first-order valence-corrected chi connectivity index (χ1v) is 19.9. The number of rotatable bonds is 2. The standard InChI is InChI=1S/C49H57BN2O2/c1-46(2,3)31-14-18-35(19-15-31)51-39-21-16-32(47(4,5)6)26-37(39)50-38-27-33(48(7,8)9)17-22-40(38)52(36-20-23-43-44(30-36)54-25-13-24-53-43)42-29-34(49(10,11)12)28-41(51)45(42)50/h14-23,26-30H,13,24-25H2,1-12H3. The van der Waals surface area contributed by atoms with Gasteiger partial charge in [0, 0.05) is 40.9 Å². The normalized spacial score (nSPS) is 15.4. The SMILES string of the molecule is CC(C)(C)c1ccc(N2c3ccc(C(C)(C)C)cc3B3c4cc(C(C)(C)C)ccc4N(c4ccc5c(c4)OCCCO5)c4cc(C(C)(C)C)cc2c43)cc1. The number of ether oxygens (including phenoxy) is 2. The molecule has 0 bridgehead atoms. The Balaban J connectivity index is 1.49. The Morgan fingerprint density at radius 2 is 0.870 bits per heavy atom. The molecule has 3 aliphatic heterocycles. The first-order valence-electron chi connectivity index (χ1n) is 19.9. The van der Waals surface area contributed by atoms with E-state index in [9.17, 15) is 0 Å². The molecule has 5 aromatic rings. The zero-order valence-corrected chi connectivity index (χ0v) is 34.6. The van der Waals surface area contributed by atoms with E-state index < -0.39 is 0 Å². The predicted molar refractivity (Wildman–Crippen MR) is 231 cm³/mol. The number of benzene rings is 5. The van der Waals surface area contributed by atoms with Gasteiger partial charge in [-0.15, -0.1) is 0 Å². The van der Waals surface area contributed by atoms with Crippen LogP contribution in [0.15, 0.2) is 91.0 Å². The summed E-state index contributed by atoms with van der Waals surface area (Å²) in [4.78, 5) is 5.05. The number of hydrogen-bond donors (Lipinski definition) is 0. The lowest BCUT2D eigenvalue weighted by atomic mass is 9.33. The molecule has 0 aromatic heterocycles. The Kier molecular flexibility index (Phi) is 8.38. The summed E-state index contributed by atoms with van der Waals surface area (Å²) in [6.45, 7) is 29.2. The van der Waals surface area contributed by atoms with Gasteiger partial charge >= 0.3 is 0 Å². The third kappa shape index (κ3) is 6.18. The summed E-state index contributed by atoms with van der Waals surface area (Å²) >= 11 is 0. The second-order valence-corrected chi connectivity index (χ2v) is 19.8. The molecule has 0 amide bonds. The van der Waals surface area contributed by atoms with Crippen LogP contribution in [0.25, 0.3) is 0 Å². The van der Waals surface area contributed by atoms with E-state index in [1.54, 1.807) is 0 Å². The minimum Gasteiger partial charge on any atom is -0.490 e. The third-order valence-corrected chi connectivity index (χ3v) is 11.6. The molecule has 8 rings (SSSR count). The predicted octanol–water partition coefficient (Wildman–Crippen LogP) is 11.1. The number of fused-ring (bicyclic) bond motifs is 5. The van der Waals surface area contributed by atoms with Gasteiger partial charge in [0.2, 0.25) is 0 Å². The molecule has 0 radical (unpaired) electrons. The highest BCUT2D eigenvalue weighted by molar-refractivity contribution is 7.00. The summed E-state index contributed by atoms with van der Waals surface area (Å²) < 4.78 is 12.4. The van der Waals surface area contributed by atoms with Crippen LogP contribution in [0, 0.1) is 0 Å². The molecule has 0 aliphatic carbocycles. The Morgan fingerprint density at radius 1 is 0.426 bits per heavy atom. The molecule has 0 saturated carbocycles. The van der Waals surface area contributed by atoms with Gasteiger partial charge < -0.3 is 19.3 Å². The fraction of sp³-hybridized carbons (Fsp3) is 0.388. The van der Waals surface area contributed by atoms with E-state index in [2.05, 4.69) is 184 Å². The van der Waals surface area contributed by atoms with E-state index in [0.29, 0.717) is 13.2 Å². The maximum Gasteiger partial charge on any atom is 0.252 e. The first-order chi connectivity index (χ1) is 25.3. The van der Waals surface area contributed by atoms with Crippen LogP contribution in [-0.4, -0.2) is 19.9 Å². The highest BCUT2D eigenvalue weighted by atomic mass is 16.5. The van der Waals surface area contributed by atoms with Gasteiger partial charge in [0.05, 0.1) is 18.9 Å². The fourth-order valence-corrected chi connectivity index (χ4v) is 8.33. The average molecular weight is 717 g/mol. The van der Waals surface area contributed by atoms with Gasteiger partial charge in [0.15, 0.2) is 11.5 Å². The van der Waals surface area contributed by atoms with Crippen molar-refractivity contribution in [1.29, 1.82) is 0 Å². The third-order valence-electron chi connectivity index (χ3n) is 11.6. The van der Waals surface area contributed by atoms with Crippen LogP contribution < -0.4 is 35.7 Å². The summed E-state index contributed by atoms with van der Waals surface area (Å²) in [7, 11) is 0. The van der Waals surface area contributed by atoms with Crippen molar-refractivity contribution in [2.45, 2.75) is 111 Å². The lowest BCUT2D eigenvalue weighted by Crippen LogP contribution is -2.61. The highest BCUT2D eigenvalue weighted by Gasteiger charge is 2.45. The van der Waals surface area contributed by atoms with Crippen LogP contribution in [0.1, 0.15) is 112 Å². The van der Waals surface area contributed by atoms with Gasteiger partial charge in [-0.05, 0) is 109 Å². The summed E-state index contributed by atoms with van der Waals surface area (Å²) in [5.41, 5.74) is 16.5. The van der Waals surface area contributed by atoms with Gasteiger partial charge in [-0.25, -0.2) is 0 Å². The molecule has 0 atom stereocenters. The van der Waals surface area contributed by atoms with Crippen LogP contribution in [0.3, 0.4) is 0 Å². The monoisotopic (exact) mass is 716 g/mol. The zero-order valence-electron chi connectivity index (χ0n) is 34.6. The lowest BCUT2D eigenvalue weighted by molar-refractivity contribution is 0.297. The van der Waals surface area contributed by atoms with Crippen LogP contribution in [-0.2, 0) is 21.7 Å². The number of hydrogen-bond acceptors (Lipinski definition) is 4. The van der Waals surface area contributed by atoms with E-state index in [4.69, 9.17) is 9.47 Å². The lowest BCUT2D eigenvalue weighted by Gasteiger charge is -2.45. The molecule has 3 heterocycles. The molecule has 0 N–H and O–H groups in total. The maximum atomic E-state index is 6.31. The summed E-state index contributed by atoms with van der Waals surface area (Å²) in [6.07, 6.45) is 0.873. The fourth-order valence-electron chi connectivity index (χ4n) is 8.33. The van der Waals surface area contributed by atoms with Gasteiger partial charge in [-0.1, -0.05) is 119 Å². The zero-order chi connectivity index (χ0) is 38.5. The molecule has 0 fully saturated rings. The summed E-state index contributed by atoms with van der Waals surface area (Å²) in [5.74, 6) is 1.62. The largest absolute Gasteiger partial charge is 0.490 e. The second kappa shape index (κ2) is 12.4. The summed E-state index contributed by atoms with van der Waals surface area (Å²) in [5, 5.41) is 0. The molecule has 5 aromatic carbocycles. The van der Waals surface area contributed by atoms with Crippen LogP contribution in [0.4, 0.5) is 34.1 Å². The molecule has 5 heteroatoms. The van der Waals surface area contributed by atoms with Crippen molar-refractivity contribution in [2.24, 2.45) is 0 Å². The highest BCUT2D eigenvalue weighted by Crippen LogP contribution is 2.48. The summed E-state index contributed by atoms with van der Waals surface area (Å²) in [6, 6.07) is 35.2. The average Bonchev–Trinajstić information content (AvgIpc) is 3.34. The minimum absolute atomic E-state index is 0.00583. The molecular weight excluding hydrogens is 659 g/mol. The van der Waals surface area contributed by atoms with Crippen molar-refractivity contribution in [3.8, 4) is 11.5 Å². The molecule has 54 heavy (non-hydrogen) atoms. The van der Waals surface area contributed by atoms with Crippen LogP contribution in [0.5, 0.6) is 11.5 Å². The van der Waals surface area contributed by atoms with Crippen molar-refractivity contribution in [3.05, 3.63) is 113 Å². The van der Waals surface area contributed by atoms with E-state index >= 15 is 0 Å². The molecule has 278 valence electrons. The molecule has 0 spiro atoms. The minimum atomic E-state index is -0.0914. The molecule has 4 nitrogen and oxygen atoms in total. The first kappa shape index (κ1) is 36.3. The Labute approximate surface area is 324 Å². The number of anilines is 6. The van der Waals surface area contributed by atoms with Crippen molar-refractivity contribution in [3.63, 3.8) is 0 Å². The Morgan fingerprint density at radius 3 is 1.37 bits per heavy atom. The van der Waals surface area contributed by atoms with Crippen LogP contribution in [0.2, 0.25) is 0 Å². The van der Waals surface area contributed by atoms with E-state index in [1.807, 2.05) is 0 Å². The topological polar surface area (TPSA) is 24.9 Å². The Bertz CT molecular complexity index is 2260. The molecule has 0 saturated heterocycles. The molecule has 3 aliphatic rings. The maximum absolute atomic E-state index is 6.31. The second-order valence-electron chi connectivity index (χ2n) is 19.8. The Hall–Kier alpha value is -4.64.